The first-order chi connectivity index (χ1) is 7.11. The van der Waals surface area contributed by atoms with Crippen molar-refractivity contribution in [3.05, 3.63) is 29.3 Å². The maximum Gasteiger partial charge on any atom is 0.573 e. The van der Waals surface area contributed by atoms with Gasteiger partial charge in [-0.15, -0.1) is 13.2 Å². The molecule has 0 aliphatic heterocycles. The Kier molecular flexibility index (Phi) is 3.07. The number of hydrogen-bond donors (Lipinski definition) is 0. The monoisotopic (exact) mass is 244 g/mol. The lowest BCUT2D eigenvalue weighted by Crippen LogP contribution is -2.20. The van der Waals surface area contributed by atoms with Crippen LogP contribution in [0.5, 0.6) is 5.75 Å². The van der Waals surface area contributed by atoms with E-state index in [9.17, 15) is 26.3 Å². The van der Waals surface area contributed by atoms with E-state index >= 15 is 0 Å². The molecule has 0 aliphatic rings. The van der Waals surface area contributed by atoms with Gasteiger partial charge in [-0.1, -0.05) is 12.1 Å². The third-order valence-corrected chi connectivity index (χ3v) is 1.74. The van der Waals surface area contributed by atoms with Gasteiger partial charge in [-0.2, -0.15) is 13.2 Å². The van der Waals surface area contributed by atoms with E-state index in [4.69, 9.17) is 0 Å². The predicted octanol–water partition coefficient (Wildman–Crippen LogP) is 3.91. The summed E-state index contributed by atoms with van der Waals surface area (Å²) in [7, 11) is 0. The van der Waals surface area contributed by atoms with Gasteiger partial charge in [-0.05, 0) is 18.6 Å². The van der Waals surface area contributed by atoms with Gasteiger partial charge in [0, 0.05) is 0 Å². The number of rotatable bonds is 1. The van der Waals surface area contributed by atoms with Crippen LogP contribution in [0.15, 0.2) is 18.2 Å². The summed E-state index contributed by atoms with van der Waals surface area (Å²) in [5, 5.41) is 0. The van der Waals surface area contributed by atoms with Gasteiger partial charge in [-0.3, -0.25) is 0 Å². The lowest BCUT2D eigenvalue weighted by Gasteiger charge is -2.16. The molecule has 0 aliphatic carbocycles. The van der Waals surface area contributed by atoms with Gasteiger partial charge in [0.15, 0.2) is 0 Å². The van der Waals surface area contributed by atoms with E-state index in [0.29, 0.717) is 6.07 Å². The zero-order valence-electron chi connectivity index (χ0n) is 7.91. The van der Waals surface area contributed by atoms with Crippen molar-refractivity contribution >= 4 is 0 Å². The number of alkyl halides is 6. The van der Waals surface area contributed by atoms with Crippen LogP contribution in [0.3, 0.4) is 0 Å². The van der Waals surface area contributed by atoms with Crippen LogP contribution >= 0.6 is 0 Å². The summed E-state index contributed by atoms with van der Waals surface area (Å²) in [6.45, 7) is 1.11. The minimum Gasteiger partial charge on any atom is -0.405 e. The molecule has 0 bridgehead atoms. The lowest BCUT2D eigenvalue weighted by molar-refractivity contribution is -0.276. The van der Waals surface area contributed by atoms with Gasteiger partial charge in [0.1, 0.15) is 5.75 Å². The molecule has 0 heterocycles. The quantitative estimate of drug-likeness (QED) is 0.680. The highest BCUT2D eigenvalue weighted by Gasteiger charge is 2.39. The molecule has 16 heavy (non-hydrogen) atoms. The number of ether oxygens (including phenoxy) is 1. The first-order valence-electron chi connectivity index (χ1n) is 4.04. The molecule has 0 amide bonds. The Morgan fingerprint density at radius 2 is 1.56 bits per heavy atom. The smallest absolute Gasteiger partial charge is 0.405 e. The molecule has 0 aromatic heterocycles. The molecule has 90 valence electrons. The third kappa shape index (κ3) is 3.04. The molecule has 0 saturated heterocycles. The maximum absolute atomic E-state index is 12.4. The van der Waals surface area contributed by atoms with E-state index < -0.39 is 23.9 Å². The zero-order valence-corrected chi connectivity index (χ0v) is 7.91. The topological polar surface area (TPSA) is 9.23 Å². The highest BCUT2D eigenvalue weighted by Crippen LogP contribution is 2.39. The standard InChI is InChI=1S/C9H6F6O/c1-5-3-2-4-6(8(10,11)12)7(5)16-9(13,14)15/h2-4H,1H3. The fourth-order valence-electron chi connectivity index (χ4n) is 1.13. The minimum atomic E-state index is -5.15. The van der Waals surface area contributed by atoms with Crippen molar-refractivity contribution < 1.29 is 31.1 Å². The van der Waals surface area contributed by atoms with Crippen molar-refractivity contribution in [2.45, 2.75) is 19.5 Å². The number of hydrogen-bond acceptors (Lipinski definition) is 1. The van der Waals surface area contributed by atoms with Gasteiger partial charge in [-0.25, -0.2) is 0 Å². The van der Waals surface area contributed by atoms with Crippen molar-refractivity contribution in [2.24, 2.45) is 0 Å². The molecule has 0 unspecified atom stereocenters. The Hall–Kier alpha value is -1.40. The molecular formula is C9H6F6O. The van der Waals surface area contributed by atoms with Crippen LogP contribution < -0.4 is 4.74 Å². The second kappa shape index (κ2) is 3.88. The largest absolute Gasteiger partial charge is 0.573 e. The molecule has 0 radical (unpaired) electrons. The molecule has 0 N–H and O–H groups in total. The van der Waals surface area contributed by atoms with Gasteiger partial charge < -0.3 is 4.74 Å². The Morgan fingerprint density at radius 3 is 2.00 bits per heavy atom. The van der Waals surface area contributed by atoms with Crippen LogP contribution in [0.2, 0.25) is 0 Å². The average Bonchev–Trinajstić information content (AvgIpc) is 2.04. The molecule has 0 fully saturated rings. The lowest BCUT2D eigenvalue weighted by atomic mass is 10.1. The second-order valence-corrected chi connectivity index (χ2v) is 3.00. The number of halogens is 6. The van der Waals surface area contributed by atoms with E-state index in [0.717, 1.165) is 19.1 Å². The van der Waals surface area contributed by atoms with E-state index in [2.05, 4.69) is 4.74 Å². The molecule has 7 heteroatoms. The van der Waals surface area contributed by atoms with E-state index in [1.54, 1.807) is 0 Å². The highest BCUT2D eigenvalue weighted by atomic mass is 19.4. The van der Waals surface area contributed by atoms with Crippen molar-refractivity contribution in [1.29, 1.82) is 0 Å². The molecule has 1 aromatic rings. The Morgan fingerprint density at radius 1 is 1.00 bits per heavy atom. The van der Waals surface area contributed by atoms with Crippen molar-refractivity contribution in [2.75, 3.05) is 0 Å². The average molecular weight is 244 g/mol. The fourth-order valence-corrected chi connectivity index (χ4v) is 1.13. The first kappa shape index (κ1) is 12.7. The van der Waals surface area contributed by atoms with Crippen molar-refractivity contribution in [3.8, 4) is 5.75 Å². The van der Waals surface area contributed by atoms with Crippen LogP contribution in [0.1, 0.15) is 11.1 Å². The van der Waals surface area contributed by atoms with Gasteiger partial charge in [0.2, 0.25) is 0 Å². The minimum absolute atomic E-state index is 0.229. The summed E-state index contributed by atoms with van der Waals surface area (Å²) in [6.07, 6.45) is -10.0. The van der Waals surface area contributed by atoms with E-state index in [-0.39, 0.29) is 5.56 Å². The van der Waals surface area contributed by atoms with Crippen LogP contribution in [0.25, 0.3) is 0 Å². The Balaban J connectivity index is 3.25. The van der Waals surface area contributed by atoms with Crippen molar-refractivity contribution in [1.82, 2.24) is 0 Å². The zero-order chi connectivity index (χ0) is 12.6. The SMILES string of the molecule is Cc1cccc(C(F)(F)F)c1OC(F)(F)F. The molecule has 0 spiro atoms. The fraction of sp³-hybridized carbons (Fsp3) is 0.333. The first-order valence-corrected chi connectivity index (χ1v) is 4.04. The molecule has 1 nitrogen and oxygen atoms in total. The summed E-state index contributed by atoms with van der Waals surface area (Å²) in [5.74, 6) is -1.21. The number of para-hydroxylation sites is 1. The van der Waals surface area contributed by atoms with Crippen LogP contribution in [0.4, 0.5) is 26.3 Å². The normalized spacial score (nSPS) is 12.7. The van der Waals surface area contributed by atoms with Gasteiger partial charge in [0.25, 0.3) is 0 Å². The Labute approximate surface area is 86.6 Å². The number of benzene rings is 1. The van der Waals surface area contributed by atoms with E-state index in [1.807, 2.05) is 0 Å². The van der Waals surface area contributed by atoms with Gasteiger partial charge in [0.05, 0.1) is 5.56 Å². The molecule has 1 aromatic carbocycles. The van der Waals surface area contributed by atoms with Crippen LogP contribution in [-0.4, -0.2) is 6.36 Å². The van der Waals surface area contributed by atoms with Crippen LogP contribution in [0, 0.1) is 6.92 Å². The summed E-state index contributed by atoms with van der Waals surface area (Å²) in [6, 6.07) is 2.66. The number of aryl methyl sites for hydroxylation is 1. The summed E-state index contributed by atoms with van der Waals surface area (Å²) >= 11 is 0. The predicted molar refractivity (Wildman–Crippen MR) is 42.9 cm³/mol. The van der Waals surface area contributed by atoms with E-state index in [1.165, 1.54) is 0 Å². The Bertz CT molecular complexity index is 379. The summed E-state index contributed by atoms with van der Waals surface area (Å²) in [5.41, 5.74) is -1.67. The third-order valence-electron chi connectivity index (χ3n) is 1.74. The van der Waals surface area contributed by atoms with Crippen LogP contribution in [-0.2, 0) is 6.18 Å². The second-order valence-electron chi connectivity index (χ2n) is 3.00. The van der Waals surface area contributed by atoms with Gasteiger partial charge >= 0.3 is 12.5 Å². The summed E-state index contributed by atoms with van der Waals surface area (Å²) < 4.78 is 76.1. The van der Waals surface area contributed by atoms with Crippen molar-refractivity contribution in [3.63, 3.8) is 0 Å². The molecule has 0 saturated carbocycles. The molecule has 1 rings (SSSR count). The molecular weight excluding hydrogens is 238 g/mol. The highest BCUT2D eigenvalue weighted by molar-refractivity contribution is 5.42. The molecule has 0 atom stereocenters. The summed E-state index contributed by atoms with van der Waals surface area (Å²) in [4.78, 5) is 0. The maximum atomic E-state index is 12.4.